The van der Waals surface area contributed by atoms with Crippen LogP contribution in [0.1, 0.15) is 13.3 Å². The maximum absolute atomic E-state index is 9.21. The van der Waals surface area contributed by atoms with Gasteiger partial charge >= 0.3 is 0 Å². The minimum Gasteiger partial charge on any atom is -0.390 e. The van der Waals surface area contributed by atoms with Gasteiger partial charge < -0.3 is 20.4 Å². The van der Waals surface area contributed by atoms with E-state index in [1.165, 1.54) is 0 Å². The first-order valence-electron chi connectivity index (χ1n) is 3.76. The Labute approximate surface area is 65.1 Å². The molecular weight excluding hydrogens is 148 g/mol. The zero-order valence-corrected chi connectivity index (χ0v) is 6.38. The van der Waals surface area contributed by atoms with Crippen LogP contribution in [0.25, 0.3) is 0 Å². The van der Waals surface area contributed by atoms with Crippen molar-refractivity contribution in [2.45, 2.75) is 37.8 Å². The van der Waals surface area contributed by atoms with Crippen LogP contribution in [-0.4, -0.2) is 44.8 Å². The molecule has 11 heavy (non-hydrogen) atoms. The molecule has 1 aliphatic carbocycles. The van der Waals surface area contributed by atoms with Gasteiger partial charge in [-0.2, -0.15) is 0 Å². The molecular formula is C7H14O4. The molecule has 1 aliphatic rings. The van der Waals surface area contributed by atoms with Gasteiger partial charge in [-0.25, -0.2) is 0 Å². The largest absolute Gasteiger partial charge is 0.390 e. The van der Waals surface area contributed by atoms with Crippen LogP contribution in [0.15, 0.2) is 0 Å². The molecule has 0 aromatic carbocycles. The second-order valence-electron chi connectivity index (χ2n) is 3.25. The molecule has 1 rings (SSSR count). The predicted octanol–water partition coefficient (Wildman–Crippen LogP) is -1.53. The highest BCUT2D eigenvalue weighted by molar-refractivity contribution is 4.90. The van der Waals surface area contributed by atoms with Crippen molar-refractivity contribution < 1.29 is 20.4 Å². The summed E-state index contributed by atoms with van der Waals surface area (Å²) in [6.07, 6.45) is -3.92. The Morgan fingerprint density at radius 2 is 1.45 bits per heavy atom. The lowest BCUT2D eigenvalue weighted by molar-refractivity contribution is -0.154. The summed E-state index contributed by atoms with van der Waals surface area (Å²) >= 11 is 0. The Bertz CT molecular complexity index is 124. The Morgan fingerprint density at radius 1 is 0.909 bits per heavy atom. The van der Waals surface area contributed by atoms with Gasteiger partial charge in [0.15, 0.2) is 0 Å². The van der Waals surface area contributed by atoms with Crippen LogP contribution in [0.5, 0.6) is 0 Å². The fourth-order valence-electron chi connectivity index (χ4n) is 1.43. The van der Waals surface area contributed by atoms with Crippen LogP contribution >= 0.6 is 0 Å². The molecule has 4 N–H and O–H groups in total. The molecule has 0 amide bonds. The molecule has 5 atom stereocenters. The lowest BCUT2D eigenvalue weighted by Crippen LogP contribution is -2.52. The molecule has 0 bridgehead atoms. The first kappa shape index (κ1) is 8.93. The summed E-state index contributed by atoms with van der Waals surface area (Å²) in [5.41, 5.74) is 0. The summed E-state index contributed by atoms with van der Waals surface area (Å²) < 4.78 is 0. The minimum atomic E-state index is -1.21. The Morgan fingerprint density at radius 3 is 2.00 bits per heavy atom. The fourth-order valence-corrected chi connectivity index (χ4v) is 1.43. The second kappa shape index (κ2) is 3.06. The summed E-state index contributed by atoms with van der Waals surface area (Å²) in [6, 6.07) is 0. The number of aliphatic hydroxyl groups is 4. The van der Waals surface area contributed by atoms with Crippen LogP contribution in [0.2, 0.25) is 0 Å². The molecule has 0 heterocycles. The molecule has 0 unspecified atom stereocenters. The van der Waals surface area contributed by atoms with Crippen molar-refractivity contribution in [1.29, 1.82) is 0 Å². The number of hydrogen-bond acceptors (Lipinski definition) is 4. The van der Waals surface area contributed by atoms with Crippen molar-refractivity contribution in [1.82, 2.24) is 0 Å². The van der Waals surface area contributed by atoms with E-state index in [2.05, 4.69) is 0 Å². The number of hydrogen-bond donors (Lipinski definition) is 4. The van der Waals surface area contributed by atoms with E-state index in [0.717, 1.165) is 0 Å². The van der Waals surface area contributed by atoms with E-state index in [1.54, 1.807) is 6.92 Å². The Balaban J connectivity index is 2.63. The van der Waals surface area contributed by atoms with Crippen LogP contribution in [-0.2, 0) is 0 Å². The average molecular weight is 162 g/mol. The smallest absolute Gasteiger partial charge is 0.108 e. The lowest BCUT2D eigenvalue weighted by Gasteiger charge is -2.36. The maximum atomic E-state index is 9.21. The van der Waals surface area contributed by atoms with Crippen molar-refractivity contribution in [2.75, 3.05) is 0 Å². The molecule has 0 aliphatic heterocycles. The molecule has 0 saturated heterocycles. The summed E-state index contributed by atoms with van der Waals surface area (Å²) in [7, 11) is 0. The zero-order valence-electron chi connectivity index (χ0n) is 6.38. The van der Waals surface area contributed by atoms with Crippen LogP contribution in [0, 0.1) is 5.92 Å². The molecule has 0 aromatic heterocycles. The molecule has 0 aromatic rings. The highest BCUT2D eigenvalue weighted by Crippen LogP contribution is 2.24. The monoisotopic (exact) mass is 162 g/mol. The summed E-state index contributed by atoms with van der Waals surface area (Å²) in [5.74, 6) is -0.164. The Hall–Kier alpha value is -0.160. The molecule has 1 saturated carbocycles. The van der Waals surface area contributed by atoms with Crippen molar-refractivity contribution >= 4 is 0 Å². The fraction of sp³-hybridized carbons (Fsp3) is 1.00. The van der Waals surface area contributed by atoms with E-state index in [1.807, 2.05) is 0 Å². The quantitative estimate of drug-likeness (QED) is 0.348. The van der Waals surface area contributed by atoms with Crippen molar-refractivity contribution in [3.8, 4) is 0 Å². The van der Waals surface area contributed by atoms with Gasteiger partial charge in [0.05, 0.1) is 12.2 Å². The van der Waals surface area contributed by atoms with E-state index in [0.29, 0.717) is 6.42 Å². The standard InChI is InChI=1S/C7H14O4/c1-3-2-4(8)6(10)7(11)5(3)9/h3-11H,2H2,1H3/t3-,4+,5+,6+,7+/m0/s1. The predicted molar refractivity (Wildman–Crippen MR) is 37.8 cm³/mol. The third-order valence-corrected chi connectivity index (χ3v) is 2.29. The first-order chi connectivity index (χ1) is 5.04. The molecule has 4 nitrogen and oxygen atoms in total. The normalized spacial score (nSPS) is 52.6. The second-order valence-corrected chi connectivity index (χ2v) is 3.25. The summed E-state index contributed by atoms with van der Waals surface area (Å²) in [5, 5.41) is 36.5. The summed E-state index contributed by atoms with van der Waals surface area (Å²) in [4.78, 5) is 0. The highest BCUT2D eigenvalue weighted by Gasteiger charge is 2.39. The first-order valence-corrected chi connectivity index (χ1v) is 3.76. The average Bonchev–Trinajstić information content (AvgIpc) is 1.97. The molecule has 1 fully saturated rings. The van der Waals surface area contributed by atoms with Crippen molar-refractivity contribution in [2.24, 2.45) is 5.92 Å². The van der Waals surface area contributed by atoms with E-state index in [-0.39, 0.29) is 5.92 Å². The SMILES string of the molecule is C[C@H]1C[C@@H](O)[C@@H](O)[C@H](O)[C@@H]1O. The van der Waals surface area contributed by atoms with Gasteiger partial charge in [-0.1, -0.05) is 6.92 Å². The van der Waals surface area contributed by atoms with E-state index < -0.39 is 24.4 Å². The van der Waals surface area contributed by atoms with Gasteiger partial charge in [0.2, 0.25) is 0 Å². The number of rotatable bonds is 0. The third-order valence-electron chi connectivity index (χ3n) is 2.29. The molecule has 0 spiro atoms. The van der Waals surface area contributed by atoms with Gasteiger partial charge in [-0.3, -0.25) is 0 Å². The van der Waals surface area contributed by atoms with Crippen LogP contribution < -0.4 is 0 Å². The third kappa shape index (κ3) is 1.54. The van der Waals surface area contributed by atoms with Crippen molar-refractivity contribution in [3.05, 3.63) is 0 Å². The molecule has 4 heteroatoms. The van der Waals surface area contributed by atoms with E-state index in [4.69, 9.17) is 15.3 Å². The Kier molecular flexibility index (Phi) is 2.49. The highest BCUT2D eigenvalue weighted by atomic mass is 16.4. The van der Waals surface area contributed by atoms with Gasteiger partial charge in [-0.15, -0.1) is 0 Å². The van der Waals surface area contributed by atoms with Gasteiger partial charge in [0, 0.05) is 0 Å². The minimum absolute atomic E-state index is 0.164. The molecule has 0 radical (unpaired) electrons. The van der Waals surface area contributed by atoms with Crippen molar-refractivity contribution in [3.63, 3.8) is 0 Å². The van der Waals surface area contributed by atoms with E-state index in [9.17, 15) is 5.11 Å². The topological polar surface area (TPSA) is 80.9 Å². The van der Waals surface area contributed by atoms with Gasteiger partial charge in [0.1, 0.15) is 12.2 Å². The number of aliphatic hydroxyl groups excluding tert-OH is 4. The summed E-state index contributed by atoms with van der Waals surface area (Å²) in [6.45, 7) is 1.73. The van der Waals surface area contributed by atoms with Gasteiger partial charge in [-0.05, 0) is 12.3 Å². The van der Waals surface area contributed by atoms with E-state index >= 15 is 0 Å². The zero-order chi connectivity index (χ0) is 8.59. The lowest BCUT2D eigenvalue weighted by atomic mass is 9.82. The van der Waals surface area contributed by atoms with Gasteiger partial charge in [0.25, 0.3) is 0 Å². The molecule has 66 valence electrons. The van der Waals surface area contributed by atoms with Crippen LogP contribution in [0.4, 0.5) is 0 Å². The van der Waals surface area contributed by atoms with Crippen LogP contribution in [0.3, 0.4) is 0 Å². The maximum Gasteiger partial charge on any atom is 0.108 e.